The van der Waals surface area contributed by atoms with Crippen LogP contribution in [0.5, 0.6) is 0 Å². The molecule has 0 aromatic rings. The monoisotopic (exact) mass is 254 g/mol. The van der Waals surface area contributed by atoms with E-state index in [4.69, 9.17) is 19.3 Å². The summed E-state index contributed by atoms with van der Waals surface area (Å²) in [4.78, 5) is 17.2. The van der Waals surface area contributed by atoms with E-state index in [1.165, 1.54) is 0 Å². The fourth-order valence-electron chi connectivity index (χ4n) is 1.28. The Morgan fingerprint density at radius 2 is 1.56 bits per heavy atom. The van der Waals surface area contributed by atoms with Crippen molar-refractivity contribution >= 4 is 7.60 Å². The summed E-state index contributed by atoms with van der Waals surface area (Å²) in [5, 5.41) is 0. The second-order valence-corrected chi connectivity index (χ2v) is 5.54. The zero-order chi connectivity index (χ0) is 12.3. The van der Waals surface area contributed by atoms with Crippen LogP contribution in [0.2, 0.25) is 0 Å². The third kappa shape index (κ3) is 14.1. The van der Waals surface area contributed by atoms with Crippen molar-refractivity contribution in [3.63, 3.8) is 0 Å². The van der Waals surface area contributed by atoms with Gasteiger partial charge in [-0.3, -0.25) is 4.57 Å². The predicted octanol–water partition coefficient (Wildman–Crippen LogP) is 1.78. The lowest BCUT2D eigenvalue weighted by atomic mass is 10.2. The molecule has 0 spiro atoms. The van der Waals surface area contributed by atoms with Crippen LogP contribution >= 0.6 is 7.60 Å². The minimum absolute atomic E-state index is 0.00168. The Kier molecular flexibility index (Phi) is 10.3. The first-order valence-electron chi connectivity index (χ1n) is 5.67. The molecule has 0 saturated carbocycles. The first kappa shape index (κ1) is 16.1. The quantitative estimate of drug-likeness (QED) is 0.434. The van der Waals surface area contributed by atoms with Crippen LogP contribution in [-0.2, 0) is 14.0 Å². The van der Waals surface area contributed by atoms with Crippen molar-refractivity contribution in [3.8, 4) is 0 Å². The second-order valence-electron chi connectivity index (χ2n) is 3.76. The minimum Gasteiger partial charge on any atom is -0.385 e. The van der Waals surface area contributed by atoms with Gasteiger partial charge in [-0.2, -0.15) is 0 Å². The maximum Gasteiger partial charge on any atom is 0.325 e. The van der Waals surface area contributed by atoms with Gasteiger partial charge in [0.25, 0.3) is 0 Å². The molecule has 5 nitrogen and oxygen atoms in total. The molecular formula is C10H23O5P. The smallest absolute Gasteiger partial charge is 0.325 e. The van der Waals surface area contributed by atoms with Crippen molar-refractivity contribution in [1.29, 1.82) is 0 Å². The molecule has 0 unspecified atom stereocenters. The molecule has 2 N–H and O–H groups in total. The van der Waals surface area contributed by atoms with Crippen LogP contribution in [0.4, 0.5) is 0 Å². The van der Waals surface area contributed by atoms with E-state index in [1.807, 2.05) is 0 Å². The minimum atomic E-state index is -3.78. The Hall–Kier alpha value is 0.0700. The van der Waals surface area contributed by atoms with E-state index in [-0.39, 0.29) is 6.16 Å². The number of unbranched alkanes of at least 4 members (excludes halogenated alkanes) is 3. The molecule has 0 aromatic heterocycles. The topological polar surface area (TPSA) is 76.0 Å². The van der Waals surface area contributed by atoms with Crippen LogP contribution in [0.1, 0.15) is 32.1 Å². The summed E-state index contributed by atoms with van der Waals surface area (Å²) >= 11 is 0. The molecule has 0 bridgehead atoms. The normalized spacial score (nSPS) is 11.9. The van der Waals surface area contributed by atoms with Gasteiger partial charge >= 0.3 is 7.60 Å². The van der Waals surface area contributed by atoms with Gasteiger partial charge in [0.05, 0.1) is 0 Å². The summed E-state index contributed by atoms with van der Waals surface area (Å²) < 4.78 is 20.8. The van der Waals surface area contributed by atoms with Crippen molar-refractivity contribution in [1.82, 2.24) is 0 Å². The maximum atomic E-state index is 10.5. The number of hydrogen-bond acceptors (Lipinski definition) is 3. The highest BCUT2D eigenvalue weighted by molar-refractivity contribution is 7.51. The zero-order valence-electron chi connectivity index (χ0n) is 9.93. The lowest BCUT2D eigenvalue weighted by Crippen LogP contribution is -2.00. The van der Waals surface area contributed by atoms with Crippen LogP contribution in [0.3, 0.4) is 0 Å². The van der Waals surface area contributed by atoms with Gasteiger partial charge in [0.2, 0.25) is 0 Å². The summed E-state index contributed by atoms with van der Waals surface area (Å²) in [5.74, 6) is 0. The third-order valence-corrected chi connectivity index (χ3v) is 3.02. The van der Waals surface area contributed by atoms with Crippen LogP contribution in [-0.4, -0.2) is 42.9 Å². The van der Waals surface area contributed by atoms with Gasteiger partial charge in [-0.05, 0) is 19.3 Å². The third-order valence-electron chi connectivity index (χ3n) is 2.13. The molecule has 0 aliphatic heterocycles. The molecule has 16 heavy (non-hydrogen) atoms. The lowest BCUT2D eigenvalue weighted by Gasteiger charge is -2.05. The van der Waals surface area contributed by atoms with Crippen LogP contribution in [0.15, 0.2) is 0 Å². The summed E-state index contributed by atoms with van der Waals surface area (Å²) in [5.41, 5.74) is 0. The summed E-state index contributed by atoms with van der Waals surface area (Å²) in [6.07, 6.45) is 4.27. The van der Waals surface area contributed by atoms with Gasteiger partial charge in [-0.1, -0.05) is 12.8 Å². The summed E-state index contributed by atoms with van der Waals surface area (Å²) in [6.45, 7) is 2.16. The van der Waals surface area contributed by atoms with Crippen molar-refractivity contribution in [2.45, 2.75) is 32.1 Å². The fraction of sp³-hybridized carbons (Fsp3) is 1.00. The Bertz CT molecular complexity index is 192. The standard InChI is InChI=1S/C10H23O5P/c1-14-7-6-9-15-8-4-2-3-5-10-16(11,12)13/h2-10H2,1H3,(H2,11,12,13). The average Bonchev–Trinajstić information content (AvgIpc) is 2.19. The number of methoxy groups -OCH3 is 1. The Labute approximate surface area is 97.3 Å². The second kappa shape index (κ2) is 10.2. The fourth-order valence-corrected chi connectivity index (χ4v) is 1.92. The average molecular weight is 254 g/mol. The van der Waals surface area contributed by atoms with E-state index in [2.05, 4.69) is 0 Å². The molecule has 0 amide bonds. The highest BCUT2D eigenvalue weighted by atomic mass is 31.2. The van der Waals surface area contributed by atoms with Gasteiger partial charge in [0.15, 0.2) is 0 Å². The number of rotatable bonds is 11. The van der Waals surface area contributed by atoms with E-state index in [0.717, 1.165) is 45.5 Å². The highest BCUT2D eigenvalue weighted by Crippen LogP contribution is 2.35. The SMILES string of the molecule is COCCCOCCCCCCP(=O)(O)O. The highest BCUT2D eigenvalue weighted by Gasteiger charge is 2.10. The predicted molar refractivity (Wildman–Crippen MR) is 62.7 cm³/mol. The summed E-state index contributed by atoms with van der Waals surface area (Å²) in [6, 6.07) is 0. The first-order valence-corrected chi connectivity index (χ1v) is 7.47. The van der Waals surface area contributed by atoms with Gasteiger partial charge in [-0.25, -0.2) is 0 Å². The molecule has 0 heterocycles. The Morgan fingerprint density at radius 1 is 0.938 bits per heavy atom. The van der Waals surface area contributed by atoms with Crippen molar-refractivity contribution in [2.24, 2.45) is 0 Å². The van der Waals surface area contributed by atoms with Crippen molar-refractivity contribution in [2.75, 3.05) is 33.1 Å². The molecular weight excluding hydrogens is 231 g/mol. The maximum absolute atomic E-state index is 10.5. The summed E-state index contributed by atoms with van der Waals surface area (Å²) in [7, 11) is -2.12. The molecule has 0 atom stereocenters. The Morgan fingerprint density at radius 3 is 2.19 bits per heavy atom. The van der Waals surface area contributed by atoms with Gasteiger partial charge < -0.3 is 19.3 Å². The van der Waals surface area contributed by atoms with E-state index in [0.29, 0.717) is 6.42 Å². The zero-order valence-corrected chi connectivity index (χ0v) is 10.8. The van der Waals surface area contributed by atoms with E-state index >= 15 is 0 Å². The van der Waals surface area contributed by atoms with Crippen LogP contribution in [0, 0.1) is 0 Å². The van der Waals surface area contributed by atoms with Crippen LogP contribution < -0.4 is 0 Å². The molecule has 6 heteroatoms. The van der Waals surface area contributed by atoms with Crippen LogP contribution in [0.25, 0.3) is 0 Å². The van der Waals surface area contributed by atoms with Gasteiger partial charge in [0, 0.05) is 33.1 Å². The molecule has 0 radical (unpaired) electrons. The van der Waals surface area contributed by atoms with Gasteiger partial charge in [0.1, 0.15) is 0 Å². The molecule has 0 saturated heterocycles. The van der Waals surface area contributed by atoms with Crippen molar-refractivity contribution < 1.29 is 23.8 Å². The van der Waals surface area contributed by atoms with E-state index < -0.39 is 7.60 Å². The number of hydrogen-bond donors (Lipinski definition) is 2. The molecule has 0 rings (SSSR count). The Balaban J connectivity index is 3.02. The van der Waals surface area contributed by atoms with E-state index in [9.17, 15) is 4.57 Å². The van der Waals surface area contributed by atoms with Gasteiger partial charge in [-0.15, -0.1) is 0 Å². The van der Waals surface area contributed by atoms with Crippen molar-refractivity contribution in [3.05, 3.63) is 0 Å². The molecule has 0 fully saturated rings. The molecule has 98 valence electrons. The largest absolute Gasteiger partial charge is 0.385 e. The number of ether oxygens (including phenoxy) is 2. The lowest BCUT2D eigenvalue weighted by molar-refractivity contribution is 0.100. The molecule has 0 aromatic carbocycles. The molecule has 0 aliphatic carbocycles. The van der Waals surface area contributed by atoms with E-state index in [1.54, 1.807) is 7.11 Å². The molecule has 0 aliphatic rings. The first-order chi connectivity index (χ1) is 7.56.